The predicted molar refractivity (Wildman–Crippen MR) is 106 cm³/mol. The Morgan fingerprint density at radius 2 is 1.48 bits per heavy atom. The highest BCUT2D eigenvalue weighted by Crippen LogP contribution is 2.41. The van der Waals surface area contributed by atoms with Crippen LogP contribution in [0.4, 0.5) is 0 Å². The SMILES string of the molecule is CCCCCCCCC1CCC(CCC(C)(CC)CC)CC1C. The van der Waals surface area contributed by atoms with Gasteiger partial charge < -0.3 is 0 Å². The van der Waals surface area contributed by atoms with Crippen molar-refractivity contribution in [2.75, 3.05) is 0 Å². The lowest BCUT2D eigenvalue weighted by atomic mass is 9.69. The third kappa shape index (κ3) is 8.08. The van der Waals surface area contributed by atoms with Gasteiger partial charge in [-0.2, -0.15) is 0 Å². The van der Waals surface area contributed by atoms with Gasteiger partial charge in [0.25, 0.3) is 0 Å². The normalized spacial score (nSPS) is 25.7. The first kappa shape index (κ1) is 21.0. The summed E-state index contributed by atoms with van der Waals surface area (Å²) >= 11 is 0. The van der Waals surface area contributed by atoms with Crippen molar-refractivity contribution in [3.63, 3.8) is 0 Å². The Balaban J connectivity index is 2.18. The first-order valence-electron chi connectivity index (χ1n) is 11.0. The molecular weight excluding hydrogens is 276 g/mol. The second kappa shape index (κ2) is 11.5. The quantitative estimate of drug-likeness (QED) is 0.316. The second-order valence-corrected chi connectivity index (χ2v) is 9.03. The summed E-state index contributed by atoms with van der Waals surface area (Å²) in [5.74, 6) is 3.06. The zero-order valence-electron chi connectivity index (χ0n) is 17.1. The Bertz CT molecular complexity index is 276. The van der Waals surface area contributed by atoms with Gasteiger partial charge in [-0.15, -0.1) is 0 Å². The number of unbranched alkanes of at least 4 members (excludes halogenated alkanes) is 5. The van der Waals surface area contributed by atoms with Gasteiger partial charge in [-0.05, 0) is 48.9 Å². The van der Waals surface area contributed by atoms with E-state index in [2.05, 4.69) is 34.6 Å². The molecule has 0 heterocycles. The molecule has 0 aromatic heterocycles. The van der Waals surface area contributed by atoms with E-state index in [0.29, 0.717) is 5.41 Å². The molecule has 1 fully saturated rings. The molecule has 3 unspecified atom stereocenters. The van der Waals surface area contributed by atoms with Crippen molar-refractivity contribution < 1.29 is 0 Å². The van der Waals surface area contributed by atoms with Crippen molar-refractivity contribution in [2.45, 2.75) is 125 Å². The Labute approximate surface area is 148 Å². The molecule has 23 heavy (non-hydrogen) atoms. The van der Waals surface area contributed by atoms with Gasteiger partial charge in [0, 0.05) is 0 Å². The highest BCUT2D eigenvalue weighted by molar-refractivity contribution is 4.80. The van der Waals surface area contributed by atoms with E-state index in [-0.39, 0.29) is 0 Å². The first-order chi connectivity index (χ1) is 11.0. The fourth-order valence-electron chi connectivity index (χ4n) is 4.60. The van der Waals surface area contributed by atoms with E-state index in [4.69, 9.17) is 0 Å². The maximum atomic E-state index is 2.55. The minimum atomic E-state index is 0.610. The maximum absolute atomic E-state index is 2.55. The van der Waals surface area contributed by atoms with Crippen LogP contribution in [0.2, 0.25) is 0 Å². The lowest BCUT2D eigenvalue weighted by molar-refractivity contribution is 0.153. The summed E-state index contributed by atoms with van der Waals surface area (Å²) in [6, 6.07) is 0. The highest BCUT2D eigenvalue weighted by atomic mass is 14.3. The summed E-state index contributed by atoms with van der Waals surface area (Å²) in [5.41, 5.74) is 0.610. The van der Waals surface area contributed by atoms with Crippen LogP contribution in [0.5, 0.6) is 0 Å². The van der Waals surface area contributed by atoms with Crippen LogP contribution in [0.15, 0.2) is 0 Å². The van der Waals surface area contributed by atoms with Gasteiger partial charge in [0.2, 0.25) is 0 Å². The predicted octanol–water partition coefficient (Wildman–Crippen LogP) is 8.40. The molecule has 0 radical (unpaired) electrons. The monoisotopic (exact) mass is 322 g/mol. The Morgan fingerprint density at radius 3 is 2.09 bits per heavy atom. The van der Waals surface area contributed by atoms with Gasteiger partial charge in [-0.1, -0.05) is 98.8 Å². The fourth-order valence-corrected chi connectivity index (χ4v) is 4.60. The second-order valence-electron chi connectivity index (χ2n) is 9.03. The summed E-state index contributed by atoms with van der Waals surface area (Å²) in [6.07, 6.45) is 20.5. The summed E-state index contributed by atoms with van der Waals surface area (Å²) in [6.45, 7) is 12.1. The standard InChI is InChI=1S/C23H46/c1-6-9-10-11-12-13-14-22-16-15-21(19-20(22)4)17-18-23(5,7-2)8-3/h20-22H,6-19H2,1-5H3. The highest BCUT2D eigenvalue weighted by Gasteiger charge is 2.29. The van der Waals surface area contributed by atoms with E-state index < -0.39 is 0 Å². The van der Waals surface area contributed by atoms with Crippen LogP contribution >= 0.6 is 0 Å². The topological polar surface area (TPSA) is 0 Å². The van der Waals surface area contributed by atoms with Crippen molar-refractivity contribution in [3.8, 4) is 0 Å². The van der Waals surface area contributed by atoms with Crippen molar-refractivity contribution in [1.82, 2.24) is 0 Å². The molecule has 0 aromatic rings. The van der Waals surface area contributed by atoms with Gasteiger partial charge in [0.05, 0.1) is 0 Å². The molecule has 0 spiro atoms. The largest absolute Gasteiger partial charge is 0.0654 e. The third-order valence-electron chi connectivity index (χ3n) is 7.25. The van der Waals surface area contributed by atoms with Crippen molar-refractivity contribution in [2.24, 2.45) is 23.2 Å². The zero-order valence-corrected chi connectivity index (χ0v) is 17.1. The van der Waals surface area contributed by atoms with Crippen LogP contribution in [0.3, 0.4) is 0 Å². The molecule has 1 aliphatic carbocycles. The van der Waals surface area contributed by atoms with Gasteiger partial charge in [-0.25, -0.2) is 0 Å². The summed E-state index contributed by atoms with van der Waals surface area (Å²) in [5, 5.41) is 0. The van der Waals surface area contributed by atoms with E-state index in [0.717, 1.165) is 17.8 Å². The smallest absolute Gasteiger partial charge is 0.0331 e. The molecule has 0 amide bonds. The van der Waals surface area contributed by atoms with E-state index >= 15 is 0 Å². The van der Waals surface area contributed by atoms with Crippen molar-refractivity contribution in [1.29, 1.82) is 0 Å². The minimum absolute atomic E-state index is 0.610. The van der Waals surface area contributed by atoms with Gasteiger partial charge in [0.15, 0.2) is 0 Å². The van der Waals surface area contributed by atoms with Crippen molar-refractivity contribution >= 4 is 0 Å². The van der Waals surface area contributed by atoms with E-state index in [9.17, 15) is 0 Å². The summed E-state index contributed by atoms with van der Waals surface area (Å²) in [4.78, 5) is 0. The number of rotatable bonds is 12. The molecule has 0 nitrogen and oxygen atoms in total. The molecule has 0 saturated heterocycles. The molecule has 0 aliphatic heterocycles. The van der Waals surface area contributed by atoms with Crippen LogP contribution < -0.4 is 0 Å². The first-order valence-corrected chi connectivity index (χ1v) is 11.0. The third-order valence-corrected chi connectivity index (χ3v) is 7.25. The van der Waals surface area contributed by atoms with E-state index in [1.807, 2.05) is 0 Å². The Morgan fingerprint density at radius 1 is 0.826 bits per heavy atom. The molecule has 0 bridgehead atoms. The lowest BCUT2D eigenvalue weighted by Crippen LogP contribution is -2.24. The van der Waals surface area contributed by atoms with Crippen LogP contribution in [-0.4, -0.2) is 0 Å². The van der Waals surface area contributed by atoms with E-state index in [1.54, 1.807) is 0 Å². The molecule has 3 atom stereocenters. The Kier molecular flexibility index (Phi) is 10.6. The Hall–Kier alpha value is 0. The van der Waals surface area contributed by atoms with Gasteiger partial charge in [-0.3, -0.25) is 0 Å². The molecule has 0 heteroatoms. The lowest BCUT2D eigenvalue weighted by Gasteiger charge is -2.36. The fraction of sp³-hybridized carbons (Fsp3) is 1.00. The van der Waals surface area contributed by atoms with Crippen LogP contribution in [-0.2, 0) is 0 Å². The molecular formula is C23H46. The van der Waals surface area contributed by atoms with Gasteiger partial charge in [0.1, 0.15) is 0 Å². The molecule has 1 aliphatic rings. The number of hydrogen-bond donors (Lipinski definition) is 0. The van der Waals surface area contributed by atoms with Crippen LogP contribution in [0.1, 0.15) is 125 Å². The van der Waals surface area contributed by atoms with Crippen molar-refractivity contribution in [3.05, 3.63) is 0 Å². The molecule has 0 N–H and O–H groups in total. The van der Waals surface area contributed by atoms with Crippen LogP contribution in [0, 0.1) is 23.2 Å². The molecule has 138 valence electrons. The molecule has 0 aromatic carbocycles. The summed E-state index contributed by atoms with van der Waals surface area (Å²) < 4.78 is 0. The molecule has 1 saturated carbocycles. The van der Waals surface area contributed by atoms with E-state index in [1.165, 1.54) is 89.9 Å². The zero-order chi connectivity index (χ0) is 17.1. The minimum Gasteiger partial charge on any atom is -0.0654 e. The van der Waals surface area contributed by atoms with Gasteiger partial charge >= 0.3 is 0 Å². The average molecular weight is 323 g/mol. The maximum Gasteiger partial charge on any atom is -0.0331 e. The summed E-state index contributed by atoms with van der Waals surface area (Å²) in [7, 11) is 0. The number of hydrogen-bond acceptors (Lipinski definition) is 0. The molecule has 1 rings (SSSR count). The van der Waals surface area contributed by atoms with Crippen LogP contribution in [0.25, 0.3) is 0 Å². The average Bonchev–Trinajstić information content (AvgIpc) is 2.57.